The fourth-order valence-corrected chi connectivity index (χ4v) is 3.63. The highest BCUT2D eigenvalue weighted by molar-refractivity contribution is 6.09. The highest BCUT2D eigenvalue weighted by Gasteiger charge is 2.34. The summed E-state index contributed by atoms with van der Waals surface area (Å²) < 4.78 is 37.0. The lowest BCUT2D eigenvalue weighted by Gasteiger charge is -2.25. The van der Waals surface area contributed by atoms with Crippen LogP contribution in [-0.2, 0) is 11.3 Å². The lowest BCUT2D eigenvalue weighted by molar-refractivity contribution is -0.0228. The van der Waals surface area contributed by atoms with Crippen LogP contribution >= 0.6 is 0 Å². The Bertz CT molecular complexity index is 1170. The summed E-state index contributed by atoms with van der Waals surface area (Å²) in [5, 5.41) is 3.26. The molecule has 1 amide bonds. The van der Waals surface area contributed by atoms with E-state index in [9.17, 15) is 18.4 Å². The van der Waals surface area contributed by atoms with E-state index in [2.05, 4.69) is 15.3 Å². The number of Topliss-reactive ketones (excluding diaryl/α,β-unsaturated/α-hetero) is 1. The maximum absolute atomic E-state index is 13.4. The number of halogens is 2. The molecule has 0 atom stereocenters. The third-order valence-electron chi connectivity index (χ3n) is 5.05. The number of aromatic amines is 1. The zero-order valence-corrected chi connectivity index (χ0v) is 18.0. The van der Waals surface area contributed by atoms with Gasteiger partial charge in [0.05, 0.1) is 43.3 Å². The van der Waals surface area contributed by atoms with E-state index < -0.39 is 18.6 Å². The van der Waals surface area contributed by atoms with Gasteiger partial charge in [0.15, 0.2) is 12.4 Å². The number of alkyl halides is 2. The molecule has 1 aliphatic rings. The second-order valence-corrected chi connectivity index (χ2v) is 7.70. The molecular formula is C23H22F2N4O4. The van der Waals surface area contributed by atoms with E-state index in [0.717, 1.165) is 12.6 Å². The largest absolute Gasteiger partial charge is 0.485 e. The standard InChI is InChI=1S/C23H22F2N4O4/c1-23(24,25)13-33-18-10-26-9-8-15(18)20-21(27-14-6-4-3-5-7-14)19-16(28-20)11-29(12-17(19)30)22(31)32-2/h3-10,27-28H,11-13H2,1-2H3. The Morgan fingerprint density at radius 3 is 2.70 bits per heavy atom. The van der Waals surface area contributed by atoms with Gasteiger partial charge < -0.3 is 19.8 Å². The Hall–Kier alpha value is -3.95. The summed E-state index contributed by atoms with van der Waals surface area (Å²) in [6.07, 6.45) is 2.22. The van der Waals surface area contributed by atoms with Gasteiger partial charge in [-0.15, -0.1) is 0 Å². The number of carbonyl (C=O) groups excluding carboxylic acids is 2. The van der Waals surface area contributed by atoms with Crippen molar-refractivity contribution in [3.8, 4) is 17.0 Å². The van der Waals surface area contributed by atoms with Crippen molar-refractivity contribution in [2.24, 2.45) is 0 Å². The molecule has 10 heteroatoms. The molecule has 0 spiro atoms. The number of aromatic nitrogens is 2. The summed E-state index contributed by atoms with van der Waals surface area (Å²) in [4.78, 5) is 33.5. The number of benzene rings is 1. The zero-order chi connectivity index (χ0) is 23.6. The van der Waals surface area contributed by atoms with Gasteiger partial charge in [0.25, 0.3) is 5.92 Å². The van der Waals surface area contributed by atoms with Gasteiger partial charge in [-0.2, -0.15) is 0 Å². The van der Waals surface area contributed by atoms with Crippen LogP contribution in [0.1, 0.15) is 23.0 Å². The van der Waals surface area contributed by atoms with Crippen LogP contribution in [0.4, 0.5) is 25.0 Å². The van der Waals surface area contributed by atoms with Crippen molar-refractivity contribution in [2.45, 2.75) is 19.4 Å². The molecule has 0 radical (unpaired) electrons. The Morgan fingerprint density at radius 1 is 1.24 bits per heavy atom. The van der Waals surface area contributed by atoms with Crippen LogP contribution < -0.4 is 10.1 Å². The van der Waals surface area contributed by atoms with Crippen LogP contribution in [0, 0.1) is 0 Å². The first-order valence-corrected chi connectivity index (χ1v) is 10.1. The maximum atomic E-state index is 13.4. The van der Waals surface area contributed by atoms with Crippen molar-refractivity contribution in [3.63, 3.8) is 0 Å². The molecule has 2 N–H and O–H groups in total. The van der Waals surface area contributed by atoms with Crippen LogP contribution in [0.2, 0.25) is 0 Å². The number of nitrogens with one attached hydrogen (secondary N) is 2. The quantitative estimate of drug-likeness (QED) is 0.562. The zero-order valence-electron chi connectivity index (χ0n) is 18.0. The van der Waals surface area contributed by atoms with Crippen molar-refractivity contribution in [2.75, 3.05) is 25.6 Å². The number of nitrogens with zero attached hydrogens (tertiary/aromatic N) is 2. The van der Waals surface area contributed by atoms with E-state index in [4.69, 9.17) is 9.47 Å². The van der Waals surface area contributed by atoms with Gasteiger partial charge in [0.1, 0.15) is 5.75 Å². The molecule has 33 heavy (non-hydrogen) atoms. The van der Waals surface area contributed by atoms with E-state index in [-0.39, 0.29) is 24.6 Å². The van der Waals surface area contributed by atoms with Gasteiger partial charge >= 0.3 is 6.09 Å². The Morgan fingerprint density at radius 2 is 2.00 bits per heavy atom. The van der Waals surface area contributed by atoms with Crippen molar-refractivity contribution in [1.82, 2.24) is 14.9 Å². The van der Waals surface area contributed by atoms with E-state index in [1.807, 2.05) is 30.3 Å². The smallest absolute Gasteiger partial charge is 0.410 e. The first-order valence-electron chi connectivity index (χ1n) is 10.1. The van der Waals surface area contributed by atoms with Gasteiger partial charge in [-0.05, 0) is 18.2 Å². The second kappa shape index (κ2) is 8.89. The number of para-hydroxylation sites is 1. The van der Waals surface area contributed by atoms with Gasteiger partial charge in [-0.25, -0.2) is 13.6 Å². The average molecular weight is 456 g/mol. The highest BCUT2D eigenvalue weighted by Crippen LogP contribution is 2.41. The molecule has 2 aromatic heterocycles. The molecule has 172 valence electrons. The van der Waals surface area contributed by atoms with E-state index in [0.29, 0.717) is 28.2 Å². The van der Waals surface area contributed by atoms with Gasteiger partial charge in [0, 0.05) is 30.1 Å². The molecule has 0 fully saturated rings. The summed E-state index contributed by atoms with van der Waals surface area (Å²) in [5.74, 6) is -3.20. The number of hydrogen-bond donors (Lipinski definition) is 2. The van der Waals surface area contributed by atoms with Gasteiger partial charge in [0.2, 0.25) is 0 Å². The number of pyridine rings is 1. The van der Waals surface area contributed by atoms with E-state index >= 15 is 0 Å². The van der Waals surface area contributed by atoms with Crippen LogP contribution in [0.25, 0.3) is 11.3 Å². The van der Waals surface area contributed by atoms with Crippen molar-refractivity contribution in [3.05, 3.63) is 60.0 Å². The first-order chi connectivity index (χ1) is 15.8. The number of rotatable bonds is 6. The molecule has 1 aromatic carbocycles. The number of ketones is 1. The third kappa shape index (κ3) is 4.79. The molecule has 8 nitrogen and oxygen atoms in total. The molecule has 3 aromatic rings. The Kier molecular flexibility index (Phi) is 5.99. The van der Waals surface area contributed by atoms with Crippen LogP contribution in [0.3, 0.4) is 0 Å². The number of H-pyrrole nitrogens is 1. The number of methoxy groups -OCH3 is 1. The average Bonchev–Trinajstić information content (AvgIpc) is 3.16. The SMILES string of the molecule is COC(=O)N1CC(=O)c2c([nH]c(-c3ccncc3OCC(C)(F)F)c2Nc2ccccc2)C1. The monoisotopic (exact) mass is 456 g/mol. The van der Waals surface area contributed by atoms with E-state index in [1.54, 1.807) is 6.07 Å². The molecular weight excluding hydrogens is 434 g/mol. The lowest BCUT2D eigenvalue weighted by atomic mass is 10.0. The minimum Gasteiger partial charge on any atom is -0.485 e. The van der Waals surface area contributed by atoms with Crippen molar-refractivity contribution in [1.29, 1.82) is 0 Å². The highest BCUT2D eigenvalue weighted by atomic mass is 19.3. The number of amides is 1. The summed E-state index contributed by atoms with van der Waals surface area (Å²) in [6.45, 7) is -0.102. The topological polar surface area (TPSA) is 96.5 Å². The normalized spacial score (nSPS) is 13.5. The minimum atomic E-state index is -3.04. The summed E-state index contributed by atoms with van der Waals surface area (Å²) in [7, 11) is 1.24. The summed E-state index contributed by atoms with van der Waals surface area (Å²) in [5.41, 5.74) is 2.97. The Balaban J connectivity index is 1.82. The van der Waals surface area contributed by atoms with Crippen LogP contribution in [-0.4, -0.2) is 52.9 Å². The van der Waals surface area contributed by atoms with Crippen molar-refractivity contribution < 1.29 is 27.8 Å². The number of hydrogen-bond acceptors (Lipinski definition) is 6. The maximum Gasteiger partial charge on any atom is 0.410 e. The predicted molar refractivity (Wildman–Crippen MR) is 117 cm³/mol. The summed E-state index contributed by atoms with van der Waals surface area (Å²) >= 11 is 0. The molecule has 0 saturated carbocycles. The molecule has 0 bridgehead atoms. The second-order valence-electron chi connectivity index (χ2n) is 7.70. The lowest BCUT2D eigenvalue weighted by Crippen LogP contribution is -2.39. The number of carbonyl (C=O) groups is 2. The molecule has 3 heterocycles. The number of ether oxygens (including phenoxy) is 2. The fourth-order valence-electron chi connectivity index (χ4n) is 3.63. The minimum absolute atomic E-state index is 0.117. The Labute approximate surface area is 188 Å². The van der Waals surface area contributed by atoms with E-state index in [1.165, 1.54) is 24.4 Å². The van der Waals surface area contributed by atoms with Crippen LogP contribution in [0.15, 0.2) is 48.8 Å². The fraction of sp³-hybridized carbons (Fsp3) is 0.261. The summed E-state index contributed by atoms with van der Waals surface area (Å²) in [6, 6.07) is 10.8. The number of anilines is 2. The molecule has 1 aliphatic heterocycles. The molecule has 0 saturated heterocycles. The molecule has 0 aliphatic carbocycles. The van der Waals surface area contributed by atoms with Gasteiger partial charge in [-0.1, -0.05) is 18.2 Å². The molecule has 0 unspecified atom stereocenters. The van der Waals surface area contributed by atoms with Gasteiger partial charge in [-0.3, -0.25) is 14.7 Å². The van der Waals surface area contributed by atoms with Crippen molar-refractivity contribution >= 4 is 23.3 Å². The number of fused-ring (bicyclic) bond motifs is 1. The molecule has 4 rings (SSSR count). The third-order valence-corrected chi connectivity index (χ3v) is 5.05. The predicted octanol–water partition coefficient (Wildman–Crippen LogP) is 4.62. The first kappa shape index (κ1) is 22.3. The van der Waals surface area contributed by atoms with Crippen LogP contribution in [0.5, 0.6) is 5.75 Å².